The van der Waals surface area contributed by atoms with Gasteiger partial charge in [0.15, 0.2) is 0 Å². The van der Waals surface area contributed by atoms with Crippen molar-refractivity contribution in [1.29, 1.82) is 0 Å². The van der Waals surface area contributed by atoms with Gasteiger partial charge >= 0.3 is 11.9 Å². The lowest BCUT2D eigenvalue weighted by molar-refractivity contribution is -0.249. The fraction of sp³-hybridized carbons (Fsp3) is 0.897. The van der Waals surface area contributed by atoms with Crippen LogP contribution in [0.4, 0.5) is 0 Å². The van der Waals surface area contributed by atoms with Crippen molar-refractivity contribution < 1.29 is 38.8 Å². The average molecular weight is 523 g/mol. The highest BCUT2D eigenvalue weighted by Gasteiger charge is 2.72. The molecule has 8 heteroatoms. The van der Waals surface area contributed by atoms with Gasteiger partial charge in [-0.15, -0.1) is 0 Å². The summed E-state index contributed by atoms with van der Waals surface area (Å²) in [6.07, 6.45) is 4.14. The van der Waals surface area contributed by atoms with Gasteiger partial charge < -0.3 is 24.4 Å². The third-order valence-electron chi connectivity index (χ3n) is 10.8. The number of fused-ring (bicyclic) bond motifs is 5. The number of carbonyl (C=O) groups is 3. The molecule has 0 saturated heterocycles. The number of esters is 2. The van der Waals surface area contributed by atoms with Crippen LogP contribution in [0.2, 0.25) is 0 Å². The topological polar surface area (TPSA) is 119 Å². The van der Waals surface area contributed by atoms with Crippen molar-refractivity contribution in [3.05, 3.63) is 0 Å². The second-order valence-electron chi connectivity index (χ2n) is 13.6. The molecule has 0 aromatic rings. The maximum Gasteiger partial charge on any atom is 0.311 e. The molecule has 0 aromatic carbocycles. The van der Waals surface area contributed by atoms with Gasteiger partial charge in [-0.2, -0.15) is 0 Å². The first-order valence-corrected chi connectivity index (χ1v) is 14.0. The fourth-order valence-corrected chi connectivity index (χ4v) is 9.03. The molecule has 0 aromatic heterocycles. The number of hydrogen-bond donors (Lipinski definition) is 2. The molecule has 2 N–H and O–H groups in total. The van der Waals surface area contributed by atoms with Crippen molar-refractivity contribution in [2.24, 2.45) is 39.9 Å². The third kappa shape index (κ3) is 4.50. The highest BCUT2D eigenvalue weighted by Crippen LogP contribution is 2.69. The smallest absolute Gasteiger partial charge is 0.311 e. The van der Waals surface area contributed by atoms with Gasteiger partial charge in [0.05, 0.1) is 23.7 Å². The lowest BCUT2D eigenvalue weighted by Crippen LogP contribution is -2.67. The van der Waals surface area contributed by atoms with Crippen molar-refractivity contribution in [2.45, 2.75) is 117 Å². The van der Waals surface area contributed by atoms with Crippen LogP contribution in [0.15, 0.2) is 0 Å². The van der Waals surface area contributed by atoms with Crippen LogP contribution < -0.4 is 0 Å². The van der Waals surface area contributed by atoms with Crippen LogP contribution in [-0.2, 0) is 28.6 Å². The number of aliphatic hydroxyl groups excluding tert-OH is 1. The first-order chi connectivity index (χ1) is 17.2. The van der Waals surface area contributed by atoms with E-state index in [-0.39, 0.29) is 53.7 Å². The molecule has 8 nitrogen and oxygen atoms in total. The van der Waals surface area contributed by atoms with E-state index in [9.17, 15) is 24.6 Å². The second-order valence-corrected chi connectivity index (χ2v) is 13.6. The lowest BCUT2D eigenvalue weighted by atomic mass is 9.42. The van der Waals surface area contributed by atoms with Crippen LogP contribution in [0.3, 0.4) is 0 Å². The van der Waals surface area contributed by atoms with E-state index in [0.29, 0.717) is 25.7 Å². The van der Waals surface area contributed by atoms with Gasteiger partial charge in [-0.05, 0) is 96.8 Å². The maximum atomic E-state index is 12.7. The quantitative estimate of drug-likeness (QED) is 0.307. The number of rotatable bonds is 6. The van der Waals surface area contributed by atoms with Crippen molar-refractivity contribution in [2.75, 3.05) is 6.61 Å². The van der Waals surface area contributed by atoms with Gasteiger partial charge in [0.2, 0.25) is 0 Å². The van der Waals surface area contributed by atoms with Gasteiger partial charge in [0.25, 0.3) is 6.47 Å². The number of aliphatic hydroxyl groups is 2. The highest BCUT2D eigenvalue weighted by molar-refractivity contribution is 5.75. The molecule has 0 aliphatic heterocycles. The number of carbonyl (C=O) groups excluding carboxylic acids is 3. The van der Waals surface area contributed by atoms with Crippen LogP contribution in [-0.4, -0.2) is 59.1 Å². The van der Waals surface area contributed by atoms with Crippen LogP contribution >= 0.6 is 0 Å². The molecule has 0 radical (unpaired) electrons. The Hall–Kier alpha value is -1.67. The number of hydrogen-bond acceptors (Lipinski definition) is 8. The molecule has 4 rings (SSSR count). The van der Waals surface area contributed by atoms with Gasteiger partial charge in [-0.1, -0.05) is 6.92 Å². The Kier molecular flexibility index (Phi) is 7.52. The molecular weight excluding hydrogens is 476 g/mol. The van der Waals surface area contributed by atoms with Crippen molar-refractivity contribution in [1.82, 2.24) is 0 Å². The first kappa shape index (κ1) is 28.3. The summed E-state index contributed by atoms with van der Waals surface area (Å²) in [7, 11) is 0. The predicted octanol–water partition coefficient (Wildman–Crippen LogP) is 3.79. The molecule has 10 atom stereocenters. The van der Waals surface area contributed by atoms with Gasteiger partial charge in [-0.25, -0.2) is 0 Å². The highest BCUT2D eigenvalue weighted by atomic mass is 16.5. The Labute approximate surface area is 220 Å². The molecule has 4 saturated carbocycles. The van der Waals surface area contributed by atoms with Crippen LogP contribution in [0.5, 0.6) is 0 Å². The lowest BCUT2D eigenvalue weighted by Gasteiger charge is -2.64. The van der Waals surface area contributed by atoms with E-state index in [0.717, 1.165) is 32.1 Å². The summed E-state index contributed by atoms with van der Waals surface area (Å²) in [6.45, 7) is 11.6. The zero-order valence-electron chi connectivity index (χ0n) is 23.3. The Morgan fingerprint density at radius 1 is 1.08 bits per heavy atom. The zero-order chi connectivity index (χ0) is 27.4. The molecule has 0 spiro atoms. The second kappa shape index (κ2) is 9.82. The average Bonchev–Trinajstić information content (AvgIpc) is 3.03. The Balaban J connectivity index is 1.63. The Bertz CT molecular complexity index is 897. The standard InChI is InChI=1S/C29H46O8/c1-17(36-25(33)26(3,4)5)23-14-24(32)29(34)22-8-7-19-13-20(37-18(2)31)9-12-28(19,15-35-16-30)21(22)10-11-27(23,29)6/h16-17,19-24,32,34H,7-15H2,1-6H3/t17?,19?,20?,21-,22+,23+,24?,27+,28+,29-/m0/s1. The molecule has 4 fully saturated rings. The molecule has 0 heterocycles. The first-order valence-electron chi connectivity index (χ1n) is 14.0. The summed E-state index contributed by atoms with van der Waals surface area (Å²) in [6, 6.07) is 0. The van der Waals surface area contributed by atoms with E-state index in [4.69, 9.17) is 14.2 Å². The van der Waals surface area contributed by atoms with Crippen molar-refractivity contribution >= 4 is 18.4 Å². The van der Waals surface area contributed by atoms with Crippen LogP contribution in [0.25, 0.3) is 0 Å². The van der Waals surface area contributed by atoms with Crippen molar-refractivity contribution in [3.8, 4) is 0 Å². The van der Waals surface area contributed by atoms with E-state index in [1.807, 2.05) is 27.7 Å². The zero-order valence-corrected chi connectivity index (χ0v) is 23.3. The molecule has 210 valence electrons. The summed E-state index contributed by atoms with van der Waals surface area (Å²) in [5.41, 5.74) is -2.89. The largest absolute Gasteiger partial charge is 0.467 e. The van der Waals surface area contributed by atoms with E-state index in [1.54, 1.807) is 0 Å². The molecule has 4 aliphatic carbocycles. The minimum Gasteiger partial charge on any atom is -0.467 e. The third-order valence-corrected chi connectivity index (χ3v) is 10.8. The van der Waals surface area contributed by atoms with Crippen molar-refractivity contribution in [3.63, 3.8) is 0 Å². The minimum absolute atomic E-state index is 0.0726. The molecule has 4 unspecified atom stereocenters. The molecule has 4 aliphatic rings. The summed E-state index contributed by atoms with van der Waals surface area (Å²) in [4.78, 5) is 35.6. The predicted molar refractivity (Wildman–Crippen MR) is 135 cm³/mol. The number of ether oxygens (including phenoxy) is 3. The molecule has 37 heavy (non-hydrogen) atoms. The maximum absolute atomic E-state index is 12.7. The van der Waals surface area contributed by atoms with Crippen LogP contribution in [0, 0.1) is 39.9 Å². The summed E-state index contributed by atoms with van der Waals surface area (Å²) >= 11 is 0. The van der Waals surface area contributed by atoms with E-state index >= 15 is 0 Å². The van der Waals surface area contributed by atoms with Gasteiger partial charge in [-0.3, -0.25) is 14.4 Å². The Morgan fingerprint density at radius 2 is 1.78 bits per heavy atom. The molecular formula is C29H46O8. The van der Waals surface area contributed by atoms with Crippen LogP contribution in [0.1, 0.15) is 92.9 Å². The molecule has 0 amide bonds. The normalized spacial score (nSPS) is 44.0. The monoisotopic (exact) mass is 522 g/mol. The summed E-state index contributed by atoms with van der Waals surface area (Å²) < 4.78 is 16.9. The van der Waals surface area contributed by atoms with E-state index in [2.05, 4.69) is 6.92 Å². The van der Waals surface area contributed by atoms with Gasteiger partial charge in [0, 0.05) is 23.7 Å². The molecule has 0 bridgehead atoms. The Morgan fingerprint density at radius 3 is 2.41 bits per heavy atom. The van der Waals surface area contributed by atoms with Gasteiger partial charge in [0.1, 0.15) is 12.2 Å². The SMILES string of the molecule is CC(=O)OC1CC[C@@]2(COC=O)C(CC[C@@H]3[C@@H]2CC[C@]2(C)[C@@H](C(C)OC(=O)C(C)(C)C)CC(O)[C@@]32O)C1. The summed E-state index contributed by atoms with van der Waals surface area (Å²) in [5.74, 6) is -0.603. The fourth-order valence-electron chi connectivity index (χ4n) is 9.03. The van der Waals surface area contributed by atoms with E-state index in [1.165, 1.54) is 6.92 Å². The summed E-state index contributed by atoms with van der Waals surface area (Å²) in [5, 5.41) is 23.9. The minimum atomic E-state index is -1.32. The van der Waals surface area contributed by atoms with E-state index < -0.39 is 28.6 Å².